The van der Waals surface area contributed by atoms with Crippen LogP contribution in [0.15, 0.2) is 0 Å². The van der Waals surface area contributed by atoms with E-state index in [-0.39, 0.29) is 6.61 Å². The van der Waals surface area contributed by atoms with Crippen LogP contribution in [0.1, 0.15) is 17.7 Å². The van der Waals surface area contributed by atoms with Crippen LogP contribution >= 0.6 is 0 Å². The average Bonchev–Trinajstić information content (AvgIpc) is 2.62. The molecule has 0 bridgehead atoms. The largest absolute Gasteiger partial charge is 0.481 e. The third-order valence-electron chi connectivity index (χ3n) is 2.66. The minimum atomic E-state index is 0.0828. The molecule has 104 valence electrons. The van der Waals surface area contributed by atoms with Crippen LogP contribution in [0.4, 0.5) is 0 Å². The van der Waals surface area contributed by atoms with Crippen molar-refractivity contribution < 1.29 is 14.6 Å². The van der Waals surface area contributed by atoms with E-state index < -0.39 is 0 Å². The predicted octanol–water partition coefficient (Wildman–Crippen LogP) is 0.226. The van der Waals surface area contributed by atoms with Crippen molar-refractivity contribution in [2.24, 2.45) is 7.05 Å². The fourth-order valence-corrected chi connectivity index (χ4v) is 1.82. The van der Waals surface area contributed by atoms with Gasteiger partial charge in [0.1, 0.15) is 0 Å². The Labute approximate surface area is 108 Å². The molecule has 0 saturated heterocycles. The van der Waals surface area contributed by atoms with E-state index in [9.17, 15) is 0 Å². The number of ether oxygens (including phenoxy) is 2. The van der Waals surface area contributed by atoms with Crippen LogP contribution in [-0.4, -0.2) is 48.4 Å². The Kier molecular flexibility index (Phi) is 6.70. The van der Waals surface area contributed by atoms with Crippen molar-refractivity contribution in [3.8, 4) is 5.88 Å². The highest BCUT2D eigenvalue weighted by atomic mass is 16.5. The van der Waals surface area contributed by atoms with Crippen LogP contribution < -0.4 is 10.1 Å². The Balaban J connectivity index is 2.27. The van der Waals surface area contributed by atoms with Crippen molar-refractivity contribution >= 4 is 0 Å². The second kappa shape index (κ2) is 8.07. The maximum Gasteiger partial charge on any atom is 0.216 e. The standard InChI is InChI=1S/C12H23N3O3/c1-10-11(12(17-3)15(2)14-10)9-13-5-4-7-18-8-6-16/h13,16H,4-9H2,1-3H3. The van der Waals surface area contributed by atoms with E-state index in [4.69, 9.17) is 14.6 Å². The van der Waals surface area contributed by atoms with Gasteiger partial charge in [-0.05, 0) is 19.9 Å². The van der Waals surface area contributed by atoms with Crippen molar-refractivity contribution in [2.45, 2.75) is 19.9 Å². The number of aliphatic hydroxyl groups excluding tert-OH is 1. The lowest BCUT2D eigenvalue weighted by atomic mass is 10.2. The van der Waals surface area contributed by atoms with Crippen molar-refractivity contribution in [1.29, 1.82) is 0 Å². The first kappa shape index (κ1) is 14.9. The maximum atomic E-state index is 8.54. The number of aliphatic hydroxyl groups is 1. The fraction of sp³-hybridized carbons (Fsp3) is 0.750. The van der Waals surface area contributed by atoms with Crippen molar-refractivity contribution in [3.63, 3.8) is 0 Å². The van der Waals surface area contributed by atoms with Gasteiger partial charge in [0.2, 0.25) is 5.88 Å². The first-order valence-electron chi connectivity index (χ1n) is 6.16. The van der Waals surface area contributed by atoms with E-state index in [1.54, 1.807) is 11.8 Å². The third kappa shape index (κ3) is 4.29. The number of rotatable bonds is 9. The minimum Gasteiger partial charge on any atom is -0.481 e. The van der Waals surface area contributed by atoms with E-state index in [0.717, 1.165) is 36.6 Å². The normalized spacial score (nSPS) is 10.9. The highest BCUT2D eigenvalue weighted by molar-refractivity contribution is 5.30. The summed E-state index contributed by atoms with van der Waals surface area (Å²) in [6, 6.07) is 0. The first-order chi connectivity index (χ1) is 8.70. The van der Waals surface area contributed by atoms with Gasteiger partial charge >= 0.3 is 0 Å². The molecule has 0 aliphatic heterocycles. The van der Waals surface area contributed by atoms with E-state index in [1.807, 2.05) is 14.0 Å². The minimum absolute atomic E-state index is 0.0828. The smallest absolute Gasteiger partial charge is 0.216 e. The molecule has 0 aromatic carbocycles. The predicted molar refractivity (Wildman–Crippen MR) is 68.7 cm³/mol. The second-order valence-electron chi connectivity index (χ2n) is 4.06. The zero-order valence-electron chi connectivity index (χ0n) is 11.4. The molecule has 0 unspecified atom stereocenters. The molecule has 1 aromatic rings. The zero-order chi connectivity index (χ0) is 13.4. The molecule has 1 heterocycles. The molecule has 0 fully saturated rings. The number of hydrogen-bond donors (Lipinski definition) is 2. The lowest BCUT2D eigenvalue weighted by Crippen LogP contribution is -2.17. The molecule has 0 aliphatic carbocycles. The summed E-state index contributed by atoms with van der Waals surface area (Å²) in [4.78, 5) is 0. The highest BCUT2D eigenvalue weighted by Gasteiger charge is 2.12. The van der Waals surface area contributed by atoms with Crippen LogP contribution in [-0.2, 0) is 18.3 Å². The Morgan fingerprint density at radius 2 is 2.17 bits per heavy atom. The zero-order valence-corrected chi connectivity index (χ0v) is 11.4. The monoisotopic (exact) mass is 257 g/mol. The van der Waals surface area contributed by atoms with Gasteiger partial charge in [0, 0.05) is 20.2 Å². The molecule has 0 amide bonds. The van der Waals surface area contributed by atoms with Crippen LogP contribution in [0.3, 0.4) is 0 Å². The molecule has 18 heavy (non-hydrogen) atoms. The van der Waals surface area contributed by atoms with Gasteiger partial charge in [-0.15, -0.1) is 0 Å². The fourth-order valence-electron chi connectivity index (χ4n) is 1.82. The van der Waals surface area contributed by atoms with E-state index in [1.165, 1.54) is 0 Å². The van der Waals surface area contributed by atoms with Crippen LogP contribution in [0, 0.1) is 6.92 Å². The van der Waals surface area contributed by atoms with Crippen molar-refractivity contribution in [1.82, 2.24) is 15.1 Å². The van der Waals surface area contributed by atoms with E-state index in [0.29, 0.717) is 13.2 Å². The molecule has 2 N–H and O–H groups in total. The Bertz CT molecular complexity index is 353. The van der Waals surface area contributed by atoms with Crippen LogP contribution in [0.2, 0.25) is 0 Å². The molecule has 0 atom stereocenters. The number of hydrogen-bond acceptors (Lipinski definition) is 5. The topological polar surface area (TPSA) is 68.5 Å². The van der Waals surface area contributed by atoms with Gasteiger partial charge in [-0.3, -0.25) is 0 Å². The SMILES string of the molecule is COc1c(CNCCCOCCO)c(C)nn1C. The quantitative estimate of drug-likeness (QED) is 0.620. The summed E-state index contributed by atoms with van der Waals surface area (Å²) in [7, 11) is 3.53. The highest BCUT2D eigenvalue weighted by Crippen LogP contribution is 2.20. The Morgan fingerprint density at radius 1 is 1.39 bits per heavy atom. The number of aromatic nitrogens is 2. The summed E-state index contributed by atoms with van der Waals surface area (Å²) in [5, 5.41) is 16.2. The lowest BCUT2D eigenvalue weighted by molar-refractivity contribution is 0.0907. The molecule has 0 aliphatic rings. The molecule has 6 heteroatoms. The molecule has 1 aromatic heterocycles. The van der Waals surface area contributed by atoms with Crippen molar-refractivity contribution in [3.05, 3.63) is 11.3 Å². The molecule has 0 spiro atoms. The summed E-state index contributed by atoms with van der Waals surface area (Å²) < 4.78 is 12.2. The first-order valence-corrected chi connectivity index (χ1v) is 6.16. The van der Waals surface area contributed by atoms with Gasteiger partial charge in [0.15, 0.2) is 0 Å². The lowest BCUT2D eigenvalue weighted by Gasteiger charge is -2.07. The number of methoxy groups -OCH3 is 1. The van der Waals surface area contributed by atoms with Crippen LogP contribution in [0.5, 0.6) is 5.88 Å². The molecular weight excluding hydrogens is 234 g/mol. The number of nitrogens with zero attached hydrogens (tertiary/aromatic N) is 2. The van der Waals surface area contributed by atoms with Gasteiger partial charge in [-0.2, -0.15) is 5.10 Å². The molecule has 6 nitrogen and oxygen atoms in total. The summed E-state index contributed by atoms with van der Waals surface area (Å²) >= 11 is 0. The summed E-state index contributed by atoms with van der Waals surface area (Å²) in [6.07, 6.45) is 0.918. The molecular formula is C12H23N3O3. The maximum absolute atomic E-state index is 8.54. The van der Waals surface area contributed by atoms with E-state index >= 15 is 0 Å². The summed E-state index contributed by atoms with van der Waals surface area (Å²) in [5.74, 6) is 0.802. The summed E-state index contributed by atoms with van der Waals surface area (Å²) in [6.45, 7) is 4.74. The van der Waals surface area contributed by atoms with E-state index in [2.05, 4.69) is 10.4 Å². The Hall–Kier alpha value is -1.11. The van der Waals surface area contributed by atoms with Crippen molar-refractivity contribution in [2.75, 3.05) is 33.5 Å². The number of aryl methyl sites for hydroxylation is 2. The second-order valence-corrected chi connectivity index (χ2v) is 4.06. The number of nitrogens with one attached hydrogen (secondary N) is 1. The molecule has 1 rings (SSSR count). The molecule has 0 saturated carbocycles. The van der Waals surface area contributed by atoms with Gasteiger partial charge in [-0.25, -0.2) is 4.68 Å². The van der Waals surface area contributed by atoms with Gasteiger partial charge in [0.25, 0.3) is 0 Å². The molecule has 0 radical (unpaired) electrons. The third-order valence-corrected chi connectivity index (χ3v) is 2.66. The van der Waals surface area contributed by atoms with Gasteiger partial charge in [0.05, 0.1) is 31.6 Å². The summed E-state index contributed by atoms with van der Waals surface area (Å²) in [5.41, 5.74) is 2.08. The Morgan fingerprint density at radius 3 is 2.83 bits per heavy atom. The van der Waals surface area contributed by atoms with Gasteiger partial charge < -0.3 is 19.9 Å². The van der Waals surface area contributed by atoms with Gasteiger partial charge in [-0.1, -0.05) is 0 Å². The van der Waals surface area contributed by atoms with Crippen LogP contribution in [0.25, 0.3) is 0 Å². The average molecular weight is 257 g/mol.